The molecule has 0 saturated heterocycles. The van der Waals surface area contributed by atoms with Gasteiger partial charge in [-0.1, -0.05) is 45.0 Å². The highest BCUT2D eigenvalue weighted by molar-refractivity contribution is 6.33. The molecule has 0 bridgehead atoms. The van der Waals surface area contributed by atoms with Gasteiger partial charge in [0.2, 0.25) is 9.76 Å². The molecule has 0 aromatic heterocycles. The number of hydrogen-bond donors (Lipinski definition) is 0. The lowest BCUT2D eigenvalue weighted by Gasteiger charge is -2.19. The van der Waals surface area contributed by atoms with E-state index in [0.29, 0.717) is 5.04 Å². The van der Waals surface area contributed by atoms with Crippen molar-refractivity contribution in [3.05, 3.63) is 41.5 Å². The molecule has 2 heteroatoms. The number of benzene rings is 1. The summed E-state index contributed by atoms with van der Waals surface area (Å²) in [6, 6.07) is 8.52. The average Bonchev–Trinajstić information content (AvgIpc) is 2.57. The van der Waals surface area contributed by atoms with E-state index >= 15 is 0 Å². The molecule has 1 aliphatic rings. The van der Waals surface area contributed by atoms with Gasteiger partial charge in [-0.05, 0) is 23.1 Å². The van der Waals surface area contributed by atoms with Crippen LogP contribution in [0.5, 0.6) is 0 Å². The molecule has 0 N–H and O–H groups in total. The van der Waals surface area contributed by atoms with Crippen LogP contribution < -0.4 is 0 Å². The molecule has 1 aromatic rings. The molecule has 0 heterocycles. The van der Waals surface area contributed by atoms with Gasteiger partial charge in [0.25, 0.3) is 0 Å². The Balaban J connectivity index is 2.08. The van der Waals surface area contributed by atoms with Gasteiger partial charge in [-0.15, -0.1) is 0 Å². The summed E-state index contributed by atoms with van der Waals surface area (Å²) in [6.07, 6.45) is 3.24. The summed E-state index contributed by atoms with van der Waals surface area (Å²) < 4.78 is 5.99. The number of rotatable bonds is 2. The third-order valence-electron chi connectivity index (χ3n) is 2.45. The largest absolute Gasteiger partial charge is 0.549 e. The smallest absolute Gasteiger partial charge is 0.224 e. The van der Waals surface area contributed by atoms with E-state index in [1.165, 1.54) is 11.1 Å². The van der Waals surface area contributed by atoms with Crippen LogP contribution in [0.4, 0.5) is 0 Å². The highest BCUT2D eigenvalue weighted by Crippen LogP contribution is 2.30. The van der Waals surface area contributed by atoms with E-state index in [4.69, 9.17) is 4.43 Å². The summed E-state index contributed by atoms with van der Waals surface area (Å²) in [4.78, 5) is 0. The normalized spacial score (nSPS) is 15.5. The Morgan fingerprint density at radius 1 is 1.20 bits per heavy atom. The Kier molecular flexibility index (Phi) is 2.70. The molecule has 1 aromatic carbocycles. The fraction of sp³-hybridized carbons (Fsp3) is 0.385. The molecule has 0 unspecified atom stereocenters. The first kappa shape index (κ1) is 10.5. The second-order valence-electron chi connectivity index (χ2n) is 5.28. The number of hydrogen-bond acceptors (Lipinski definition) is 1. The summed E-state index contributed by atoms with van der Waals surface area (Å²) in [7, 11) is -0.488. The van der Waals surface area contributed by atoms with Crippen LogP contribution in [-0.4, -0.2) is 9.76 Å². The average molecular weight is 218 g/mol. The number of fused-ring (bicyclic) bond motifs is 1. The van der Waals surface area contributed by atoms with Gasteiger partial charge in [0.15, 0.2) is 0 Å². The standard InChI is InChI=1S/C13H18OSi/c1-13(2,3)15-14-12-9-8-10-6-4-5-7-11(10)12/h4-7,9H,8,15H2,1-3H3. The SMILES string of the molecule is CC(C)(C)[SiH2]OC1=CCc2ccccc21. The van der Waals surface area contributed by atoms with E-state index in [9.17, 15) is 0 Å². The third-order valence-corrected chi connectivity index (χ3v) is 3.77. The Morgan fingerprint density at radius 2 is 1.93 bits per heavy atom. The van der Waals surface area contributed by atoms with Crippen molar-refractivity contribution in [1.29, 1.82) is 0 Å². The maximum absolute atomic E-state index is 5.99. The summed E-state index contributed by atoms with van der Waals surface area (Å²) in [6.45, 7) is 6.75. The molecule has 0 radical (unpaired) electrons. The van der Waals surface area contributed by atoms with Crippen molar-refractivity contribution < 1.29 is 4.43 Å². The van der Waals surface area contributed by atoms with E-state index in [2.05, 4.69) is 51.1 Å². The van der Waals surface area contributed by atoms with Crippen molar-refractivity contribution in [2.24, 2.45) is 0 Å². The van der Waals surface area contributed by atoms with Crippen LogP contribution >= 0.6 is 0 Å². The van der Waals surface area contributed by atoms with E-state index in [-0.39, 0.29) is 0 Å². The van der Waals surface area contributed by atoms with Gasteiger partial charge >= 0.3 is 0 Å². The molecule has 0 amide bonds. The second kappa shape index (κ2) is 3.85. The molecule has 1 aliphatic carbocycles. The fourth-order valence-corrected chi connectivity index (χ4v) is 2.54. The maximum Gasteiger partial charge on any atom is 0.224 e. The van der Waals surface area contributed by atoms with E-state index in [1.54, 1.807) is 0 Å². The molecule has 0 atom stereocenters. The first-order chi connectivity index (χ1) is 7.06. The van der Waals surface area contributed by atoms with E-state index in [1.807, 2.05) is 0 Å². The van der Waals surface area contributed by atoms with Crippen LogP contribution in [0.15, 0.2) is 30.3 Å². The van der Waals surface area contributed by atoms with Crippen molar-refractivity contribution >= 4 is 15.5 Å². The molecule has 80 valence electrons. The molecule has 0 spiro atoms. The van der Waals surface area contributed by atoms with E-state index < -0.39 is 9.76 Å². The summed E-state index contributed by atoms with van der Waals surface area (Å²) in [5, 5.41) is 0.359. The third kappa shape index (κ3) is 2.51. The van der Waals surface area contributed by atoms with Crippen molar-refractivity contribution in [2.45, 2.75) is 32.2 Å². The monoisotopic (exact) mass is 218 g/mol. The zero-order valence-electron chi connectivity index (χ0n) is 9.71. The minimum absolute atomic E-state index is 0.359. The first-order valence-electron chi connectivity index (χ1n) is 5.47. The van der Waals surface area contributed by atoms with Crippen molar-refractivity contribution in [1.82, 2.24) is 0 Å². The molecule has 15 heavy (non-hydrogen) atoms. The van der Waals surface area contributed by atoms with Crippen LogP contribution in [0, 0.1) is 0 Å². The van der Waals surface area contributed by atoms with Crippen LogP contribution in [0.3, 0.4) is 0 Å². The lowest BCUT2D eigenvalue weighted by molar-refractivity contribution is 0.510. The maximum atomic E-state index is 5.99. The van der Waals surface area contributed by atoms with Crippen molar-refractivity contribution in [3.63, 3.8) is 0 Å². The molecular weight excluding hydrogens is 200 g/mol. The zero-order chi connectivity index (χ0) is 10.9. The van der Waals surface area contributed by atoms with Crippen LogP contribution in [0.2, 0.25) is 5.04 Å². The quantitative estimate of drug-likeness (QED) is 0.694. The van der Waals surface area contributed by atoms with Crippen LogP contribution in [-0.2, 0) is 10.8 Å². The fourth-order valence-electron chi connectivity index (χ4n) is 1.68. The second-order valence-corrected chi connectivity index (χ2v) is 7.98. The van der Waals surface area contributed by atoms with Gasteiger partial charge in [-0.25, -0.2) is 0 Å². The summed E-state index contributed by atoms with van der Waals surface area (Å²) >= 11 is 0. The lowest BCUT2D eigenvalue weighted by atomic mass is 10.1. The molecule has 0 saturated carbocycles. The molecule has 0 aliphatic heterocycles. The Morgan fingerprint density at radius 3 is 2.67 bits per heavy atom. The van der Waals surface area contributed by atoms with Crippen molar-refractivity contribution in [3.8, 4) is 0 Å². The predicted molar refractivity (Wildman–Crippen MR) is 67.5 cm³/mol. The predicted octanol–water partition coefficient (Wildman–Crippen LogP) is 2.90. The molecule has 1 nitrogen and oxygen atoms in total. The van der Waals surface area contributed by atoms with Crippen molar-refractivity contribution in [2.75, 3.05) is 0 Å². The molecular formula is C13H18OSi. The van der Waals surface area contributed by atoms with Crippen LogP contribution in [0.1, 0.15) is 31.9 Å². The van der Waals surface area contributed by atoms with Gasteiger partial charge < -0.3 is 4.43 Å². The Bertz CT molecular complexity index is 388. The molecule has 2 rings (SSSR count). The summed E-state index contributed by atoms with van der Waals surface area (Å²) in [5.41, 5.74) is 2.70. The van der Waals surface area contributed by atoms with Gasteiger partial charge in [-0.3, -0.25) is 0 Å². The van der Waals surface area contributed by atoms with Gasteiger partial charge in [0, 0.05) is 5.56 Å². The Hall–Kier alpha value is -1.02. The highest BCUT2D eigenvalue weighted by atomic mass is 28.2. The molecule has 0 fully saturated rings. The Labute approximate surface area is 94.1 Å². The van der Waals surface area contributed by atoms with Gasteiger partial charge in [-0.2, -0.15) is 0 Å². The number of allylic oxidation sites excluding steroid dienone is 1. The minimum Gasteiger partial charge on any atom is -0.549 e. The van der Waals surface area contributed by atoms with Gasteiger partial charge in [0.05, 0.1) is 0 Å². The highest BCUT2D eigenvalue weighted by Gasteiger charge is 2.18. The lowest BCUT2D eigenvalue weighted by Crippen LogP contribution is -2.11. The van der Waals surface area contributed by atoms with Crippen LogP contribution in [0.25, 0.3) is 5.76 Å². The van der Waals surface area contributed by atoms with E-state index in [0.717, 1.165) is 12.2 Å². The minimum atomic E-state index is -0.488. The first-order valence-corrected chi connectivity index (χ1v) is 6.76. The summed E-state index contributed by atoms with van der Waals surface area (Å²) in [5.74, 6) is 1.12. The zero-order valence-corrected chi connectivity index (χ0v) is 11.1. The topological polar surface area (TPSA) is 9.23 Å². The van der Waals surface area contributed by atoms with Gasteiger partial charge in [0.1, 0.15) is 5.76 Å².